The fraction of sp³-hybridized carbons (Fsp3) is 0.645. The van der Waals surface area contributed by atoms with Crippen molar-refractivity contribution >= 4 is 52.1 Å². The summed E-state index contributed by atoms with van der Waals surface area (Å²) < 4.78 is 8.17. The number of carboxylic acid groups (broad SMARTS) is 1. The SMILES string of the molecule is CCCn1c(N2CC(C)OC(C)C2)c(/C=C2\SC(=S)N(CCCCCCCCCCC(=O)O)C2=O)c(C)c(C#N)c1=O. The van der Waals surface area contributed by atoms with E-state index in [9.17, 15) is 19.6 Å². The van der Waals surface area contributed by atoms with Crippen molar-refractivity contribution in [3.05, 3.63) is 31.9 Å². The number of carbonyl (C=O) groups is 2. The van der Waals surface area contributed by atoms with Crippen molar-refractivity contribution in [2.45, 2.75) is 111 Å². The Morgan fingerprint density at radius 3 is 2.24 bits per heavy atom. The number of thioether (sulfide) groups is 1. The maximum absolute atomic E-state index is 13.5. The number of anilines is 1. The lowest BCUT2D eigenvalue weighted by Crippen LogP contribution is -2.48. The maximum Gasteiger partial charge on any atom is 0.303 e. The third kappa shape index (κ3) is 8.68. The number of pyridine rings is 1. The molecule has 0 radical (unpaired) electrons. The number of carboxylic acids is 1. The quantitative estimate of drug-likeness (QED) is 0.147. The molecule has 2 aliphatic heterocycles. The molecule has 2 saturated heterocycles. The van der Waals surface area contributed by atoms with Crippen molar-refractivity contribution in [3.8, 4) is 6.07 Å². The fourth-order valence-corrected chi connectivity index (χ4v) is 6.99. The topological polar surface area (TPSA) is 116 Å². The Kier molecular flexibility index (Phi) is 13.1. The van der Waals surface area contributed by atoms with Gasteiger partial charge in [-0.25, -0.2) is 0 Å². The van der Waals surface area contributed by atoms with Gasteiger partial charge in [-0.15, -0.1) is 0 Å². The Bertz CT molecular complexity index is 1280. The zero-order valence-corrected chi connectivity index (χ0v) is 27.0. The maximum atomic E-state index is 13.5. The van der Waals surface area contributed by atoms with Gasteiger partial charge >= 0.3 is 5.97 Å². The van der Waals surface area contributed by atoms with Crippen molar-refractivity contribution in [1.29, 1.82) is 5.26 Å². The standard InChI is InChI=1S/C31H44N4O5S2/c1-5-15-34-28(33-19-21(2)40-22(3)20-33)24(23(4)25(18-32)29(34)38)17-26-30(39)35(31(41)42-26)16-13-11-9-7-6-8-10-12-14-27(36)37/h17,21-22H,5-16,19-20H2,1-4H3,(H,36,37)/b26-17-. The molecule has 2 fully saturated rings. The average molecular weight is 617 g/mol. The number of hydrogen-bond acceptors (Lipinski definition) is 8. The van der Waals surface area contributed by atoms with E-state index >= 15 is 0 Å². The highest BCUT2D eigenvalue weighted by Gasteiger charge is 2.34. The van der Waals surface area contributed by atoms with E-state index in [4.69, 9.17) is 22.1 Å². The Morgan fingerprint density at radius 2 is 1.67 bits per heavy atom. The number of thiocarbonyl (C=S) groups is 1. The number of carbonyl (C=O) groups excluding carboxylic acids is 1. The normalized spacial score (nSPS) is 20.0. The highest BCUT2D eigenvalue weighted by Crippen LogP contribution is 2.36. The van der Waals surface area contributed by atoms with Crippen LogP contribution in [-0.2, 0) is 20.9 Å². The van der Waals surface area contributed by atoms with E-state index in [1.807, 2.05) is 26.8 Å². The number of ether oxygens (including phenoxy) is 1. The van der Waals surface area contributed by atoms with Crippen LogP contribution in [0, 0.1) is 18.3 Å². The summed E-state index contributed by atoms with van der Waals surface area (Å²) in [5.74, 6) is -0.136. The number of aromatic nitrogens is 1. The molecule has 230 valence electrons. The van der Waals surface area contributed by atoms with E-state index in [-0.39, 0.29) is 35.7 Å². The number of nitriles is 1. The van der Waals surface area contributed by atoms with E-state index < -0.39 is 5.97 Å². The Morgan fingerprint density at radius 1 is 1.07 bits per heavy atom. The monoisotopic (exact) mass is 616 g/mol. The van der Waals surface area contributed by atoms with Crippen LogP contribution in [0.3, 0.4) is 0 Å². The molecule has 3 rings (SSSR count). The Hall–Kier alpha value is -2.68. The number of rotatable bonds is 15. The summed E-state index contributed by atoms with van der Waals surface area (Å²) in [6, 6.07) is 2.11. The number of hydrogen-bond donors (Lipinski definition) is 1. The van der Waals surface area contributed by atoms with Gasteiger partial charge in [-0.05, 0) is 51.7 Å². The van der Waals surface area contributed by atoms with Gasteiger partial charge in [0.05, 0.1) is 17.1 Å². The van der Waals surface area contributed by atoms with Crippen LogP contribution in [0.1, 0.15) is 102 Å². The first-order chi connectivity index (χ1) is 20.1. The molecule has 0 aromatic carbocycles. The van der Waals surface area contributed by atoms with Crippen LogP contribution in [0.4, 0.5) is 5.82 Å². The zero-order chi connectivity index (χ0) is 30.8. The van der Waals surface area contributed by atoms with Crippen LogP contribution >= 0.6 is 24.0 Å². The van der Waals surface area contributed by atoms with Crippen LogP contribution < -0.4 is 10.5 Å². The second kappa shape index (κ2) is 16.2. The molecule has 0 bridgehead atoms. The van der Waals surface area contributed by atoms with Gasteiger partial charge in [-0.2, -0.15) is 5.26 Å². The summed E-state index contributed by atoms with van der Waals surface area (Å²) >= 11 is 6.87. The second-order valence-corrected chi connectivity index (χ2v) is 12.9. The lowest BCUT2D eigenvalue weighted by molar-refractivity contribution is -0.137. The lowest BCUT2D eigenvalue weighted by Gasteiger charge is -2.39. The van der Waals surface area contributed by atoms with E-state index in [1.165, 1.54) is 11.8 Å². The van der Waals surface area contributed by atoms with Gasteiger partial charge in [0, 0.05) is 38.2 Å². The summed E-state index contributed by atoms with van der Waals surface area (Å²) in [6.45, 7) is 10.0. The summed E-state index contributed by atoms with van der Waals surface area (Å²) in [4.78, 5) is 41.8. The number of aliphatic carboxylic acids is 1. The molecule has 1 aromatic heterocycles. The van der Waals surface area contributed by atoms with Gasteiger partial charge in [-0.3, -0.25) is 23.9 Å². The predicted octanol–water partition coefficient (Wildman–Crippen LogP) is 5.85. The molecule has 3 heterocycles. The summed E-state index contributed by atoms with van der Waals surface area (Å²) in [5.41, 5.74) is 1.09. The number of amides is 1. The third-order valence-electron chi connectivity index (χ3n) is 7.68. The predicted molar refractivity (Wildman–Crippen MR) is 172 cm³/mol. The molecule has 9 nitrogen and oxygen atoms in total. The second-order valence-electron chi connectivity index (χ2n) is 11.3. The lowest BCUT2D eigenvalue weighted by atomic mass is 10.0. The highest BCUT2D eigenvalue weighted by molar-refractivity contribution is 8.26. The number of morpholine rings is 1. The van der Waals surface area contributed by atoms with Crippen molar-refractivity contribution in [3.63, 3.8) is 0 Å². The molecule has 2 aliphatic rings. The van der Waals surface area contributed by atoms with Gasteiger partial charge in [0.1, 0.15) is 21.8 Å². The average Bonchev–Trinajstić information content (AvgIpc) is 3.19. The van der Waals surface area contributed by atoms with E-state index in [0.717, 1.165) is 63.6 Å². The molecule has 0 spiro atoms. The van der Waals surface area contributed by atoms with Gasteiger partial charge < -0.3 is 14.7 Å². The third-order valence-corrected chi connectivity index (χ3v) is 9.06. The zero-order valence-electron chi connectivity index (χ0n) is 25.3. The molecule has 1 N–H and O–H groups in total. The molecule has 2 unspecified atom stereocenters. The minimum Gasteiger partial charge on any atom is -0.481 e. The summed E-state index contributed by atoms with van der Waals surface area (Å²) in [6.07, 6.45) is 10.6. The minimum atomic E-state index is -0.732. The molecule has 0 saturated carbocycles. The van der Waals surface area contributed by atoms with Crippen molar-refractivity contribution in [2.75, 3.05) is 24.5 Å². The molecule has 0 aliphatic carbocycles. The number of nitrogens with zero attached hydrogens (tertiary/aromatic N) is 4. The first kappa shape index (κ1) is 33.8. The van der Waals surface area contributed by atoms with Crippen LogP contribution in [0.25, 0.3) is 6.08 Å². The molecule has 1 aromatic rings. The summed E-state index contributed by atoms with van der Waals surface area (Å²) in [7, 11) is 0. The first-order valence-corrected chi connectivity index (χ1v) is 16.4. The van der Waals surface area contributed by atoms with Gasteiger partial charge in [0.2, 0.25) is 0 Å². The van der Waals surface area contributed by atoms with E-state index in [0.29, 0.717) is 46.5 Å². The highest BCUT2D eigenvalue weighted by atomic mass is 32.2. The van der Waals surface area contributed by atoms with Crippen molar-refractivity contribution in [2.24, 2.45) is 0 Å². The molecule has 42 heavy (non-hydrogen) atoms. The Labute approximate surface area is 258 Å². The fourth-order valence-electron chi connectivity index (χ4n) is 5.70. The molecule has 11 heteroatoms. The van der Waals surface area contributed by atoms with E-state index in [2.05, 4.69) is 11.0 Å². The van der Waals surface area contributed by atoms with Crippen LogP contribution in [-0.4, -0.2) is 62.6 Å². The molecular weight excluding hydrogens is 572 g/mol. The molecular formula is C31H44N4O5S2. The largest absolute Gasteiger partial charge is 0.481 e. The van der Waals surface area contributed by atoms with E-state index in [1.54, 1.807) is 16.4 Å². The Balaban J connectivity index is 1.76. The van der Waals surface area contributed by atoms with Crippen molar-refractivity contribution in [1.82, 2.24) is 9.47 Å². The van der Waals surface area contributed by atoms with Gasteiger partial charge in [0.25, 0.3) is 11.5 Å². The first-order valence-electron chi connectivity index (χ1n) is 15.1. The van der Waals surface area contributed by atoms with Crippen LogP contribution in [0.2, 0.25) is 0 Å². The summed E-state index contributed by atoms with van der Waals surface area (Å²) in [5, 5.41) is 18.6. The minimum absolute atomic E-state index is 0.0297. The molecule has 1 amide bonds. The van der Waals surface area contributed by atoms with Crippen LogP contribution in [0.15, 0.2) is 9.70 Å². The van der Waals surface area contributed by atoms with Crippen molar-refractivity contribution < 1.29 is 19.4 Å². The van der Waals surface area contributed by atoms with Gasteiger partial charge in [0.15, 0.2) is 0 Å². The smallest absolute Gasteiger partial charge is 0.303 e. The van der Waals surface area contributed by atoms with Crippen LogP contribution in [0.5, 0.6) is 0 Å². The number of unbranched alkanes of at least 4 members (excludes halogenated alkanes) is 7. The molecule has 2 atom stereocenters. The van der Waals surface area contributed by atoms with Gasteiger partial charge in [-0.1, -0.05) is 69.4 Å².